The third-order valence-corrected chi connectivity index (χ3v) is 6.22. The predicted octanol–water partition coefficient (Wildman–Crippen LogP) is 4.43. The van der Waals surface area contributed by atoms with E-state index < -0.39 is 10.0 Å². The van der Waals surface area contributed by atoms with Gasteiger partial charge in [-0.2, -0.15) is 0 Å². The lowest BCUT2D eigenvalue weighted by molar-refractivity contribution is 0.104. The summed E-state index contributed by atoms with van der Waals surface area (Å²) < 4.78 is 27.9. The van der Waals surface area contributed by atoms with Gasteiger partial charge in [-0.05, 0) is 42.8 Å². The molecule has 0 spiro atoms. The second kappa shape index (κ2) is 6.52. The maximum Gasteiger partial charge on any atom is 0.268 e. The monoisotopic (exact) mass is 375 g/mol. The van der Waals surface area contributed by atoms with Crippen LogP contribution >= 0.6 is 0 Å². The molecule has 0 amide bonds. The molecule has 0 aromatic heterocycles. The number of hydrogen-bond donors (Lipinski definition) is 0. The number of fused-ring (bicyclic) bond motifs is 1. The van der Waals surface area contributed by atoms with E-state index >= 15 is 0 Å². The number of benzene rings is 3. The number of rotatable bonds is 3. The molecule has 1 aliphatic rings. The Hall–Kier alpha value is -3.18. The number of sulfonamides is 1. The van der Waals surface area contributed by atoms with Crippen LogP contribution in [-0.2, 0) is 10.0 Å². The van der Waals surface area contributed by atoms with Crippen molar-refractivity contribution in [2.24, 2.45) is 0 Å². The number of carbonyl (C=O) groups excluding carboxylic acids is 1. The van der Waals surface area contributed by atoms with Gasteiger partial charge in [-0.25, -0.2) is 12.7 Å². The summed E-state index contributed by atoms with van der Waals surface area (Å²) in [4.78, 5) is 13.1. The summed E-state index contributed by atoms with van der Waals surface area (Å²) in [6, 6.07) is 22.6. The second-order valence-electron chi connectivity index (χ2n) is 6.37. The fourth-order valence-corrected chi connectivity index (χ4v) is 4.61. The molecule has 0 bridgehead atoms. The molecule has 0 aliphatic carbocycles. The number of ketones is 1. The van der Waals surface area contributed by atoms with Gasteiger partial charge in [0.1, 0.15) is 5.70 Å². The molecule has 0 saturated carbocycles. The van der Waals surface area contributed by atoms with Gasteiger partial charge in [-0.3, -0.25) is 4.79 Å². The van der Waals surface area contributed by atoms with Gasteiger partial charge in [0.2, 0.25) is 5.78 Å². The lowest BCUT2D eigenvalue weighted by Crippen LogP contribution is -2.28. The topological polar surface area (TPSA) is 54.5 Å². The van der Waals surface area contributed by atoms with E-state index in [1.54, 1.807) is 54.6 Å². The highest BCUT2D eigenvalue weighted by molar-refractivity contribution is 7.93. The maximum atomic E-state index is 13.4. The zero-order valence-electron chi connectivity index (χ0n) is 14.7. The zero-order chi connectivity index (χ0) is 19.0. The summed E-state index contributed by atoms with van der Waals surface area (Å²) >= 11 is 0. The minimum absolute atomic E-state index is 0.128. The standard InChI is InChI=1S/C22H17NO3S/c1-16-11-13-18(14-12-16)27(25,26)23-20-10-6-5-9-19(20)22(24)21(23)15-17-7-3-2-4-8-17/h2-15H,1H3/b21-15-. The molecule has 0 N–H and O–H groups in total. The van der Waals surface area contributed by atoms with E-state index in [1.165, 1.54) is 0 Å². The predicted molar refractivity (Wildman–Crippen MR) is 106 cm³/mol. The van der Waals surface area contributed by atoms with Crippen LogP contribution in [0.2, 0.25) is 0 Å². The average Bonchev–Trinajstić information content (AvgIpc) is 2.96. The Morgan fingerprint density at radius 3 is 2.15 bits per heavy atom. The Morgan fingerprint density at radius 2 is 1.44 bits per heavy atom. The molecule has 1 heterocycles. The zero-order valence-corrected chi connectivity index (χ0v) is 15.5. The van der Waals surface area contributed by atoms with Crippen molar-refractivity contribution < 1.29 is 13.2 Å². The number of nitrogens with zero attached hydrogens (tertiary/aromatic N) is 1. The second-order valence-corrected chi connectivity index (χ2v) is 8.16. The quantitative estimate of drug-likeness (QED) is 0.637. The smallest absolute Gasteiger partial charge is 0.268 e. The highest BCUT2D eigenvalue weighted by atomic mass is 32.2. The molecular formula is C22H17NO3S. The van der Waals surface area contributed by atoms with Crippen LogP contribution in [0.3, 0.4) is 0 Å². The molecule has 1 aliphatic heterocycles. The Kier molecular flexibility index (Phi) is 4.16. The van der Waals surface area contributed by atoms with Crippen LogP contribution in [0.25, 0.3) is 6.08 Å². The first-order chi connectivity index (χ1) is 13.0. The van der Waals surface area contributed by atoms with Crippen molar-refractivity contribution in [2.45, 2.75) is 11.8 Å². The van der Waals surface area contributed by atoms with E-state index in [1.807, 2.05) is 37.3 Å². The molecule has 0 fully saturated rings. The van der Waals surface area contributed by atoms with Gasteiger partial charge in [0.25, 0.3) is 10.0 Å². The minimum atomic E-state index is -3.93. The Labute approximate surface area is 158 Å². The van der Waals surface area contributed by atoms with Crippen LogP contribution in [0.1, 0.15) is 21.5 Å². The Bertz CT molecular complexity index is 1150. The molecule has 3 aromatic carbocycles. The van der Waals surface area contributed by atoms with E-state index in [-0.39, 0.29) is 16.4 Å². The van der Waals surface area contributed by atoms with Crippen molar-refractivity contribution in [1.82, 2.24) is 0 Å². The molecule has 134 valence electrons. The van der Waals surface area contributed by atoms with Crippen LogP contribution in [0.4, 0.5) is 5.69 Å². The maximum absolute atomic E-state index is 13.4. The highest BCUT2D eigenvalue weighted by Gasteiger charge is 2.40. The largest absolute Gasteiger partial charge is 0.287 e. The lowest BCUT2D eigenvalue weighted by atomic mass is 10.1. The van der Waals surface area contributed by atoms with Gasteiger partial charge in [-0.15, -0.1) is 0 Å². The van der Waals surface area contributed by atoms with Gasteiger partial charge in [0, 0.05) is 5.56 Å². The van der Waals surface area contributed by atoms with E-state index in [2.05, 4.69) is 0 Å². The summed E-state index contributed by atoms with van der Waals surface area (Å²) in [5, 5.41) is 0. The number of allylic oxidation sites excluding steroid dienone is 1. The Morgan fingerprint density at radius 1 is 0.815 bits per heavy atom. The average molecular weight is 375 g/mol. The van der Waals surface area contributed by atoms with Gasteiger partial charge in [0.05, 0.1) is 10.6 Å². The molecule has 0 saturated heterocycles. The third kappa shape index (κ3) is 2.96. The molecule has 5 heteroatoms. The summed E-state index contributed by atoms with van der Waals surface area (Å²) in [5.74, 6) is -0.301. The molecule has 4 nitrogen and oxygen atoms in total. The molecule has 3 aromatic rings. The number of hydrogen-bond acceptors (Lipinski definition) is 3. The first-order valence-electron chi connectivity index (χ1n) is 8.51. The molecule has 0 unspecified atom stereocenters. The molecular weight excluding hydrogens is 358 g/mol. The van der Waals surface area contributed by atoms with Crippen molar-refractivity contribution >= 4 is 27.6 Å². The summed E-state index contributed by atoms with van der Waals surface area (Å²) in [6.07, 6.45) is 1.62. The van der Waals surface area contributed by atoms with Crippen molar-refractivity contribution in [2.75, 3.05) is 4.31 Å². The molecule has 0 atom stereocenters. The lowest BCUT2D eigenvalue weighted by Gasteiger charge is -2.20. The summed E-state index contributed by atoms with van der Waals surface area (Å²) in [6.45, 7) is 1.89. The van der Waals surface area contributed by atoms with Gasteiger partial charge < -0.3 is 0 Å². The van der Waals surface area contributed by atoms with Crippen LogP contribution in [-0.4, -0.2) is 14.2 Å². The summed E-state index contributed by atoms with van der Waals surface area (Å²) in [7, 11) is -3.93. The first-order valence-corrected chi connectivity index (χ1v) is 9.95. The fraction of sp³-hybridized carbons (Fsp3) is 0.0455. The van der Waals surface area contributed by atoms with E-state index in [0.29, 0.717) is 11.3 Å². The third-order valence-electron chi connectivity index (χ3n) is 4.48. The highest BCUT2D eigenvalue weighted by Crippen LogP contribution is 2.39. The van der Waals surface area contributed by atoms with Crippen LogP contribution in [0, 0.1) is 6.92 Å². The SMILES string of the molecule is Cc1ccc(S(=O)(=O)N2/C(=C\c3ccccc3)C(=O)c3ccccc32)cc1. The van der Waals surface area contributed by atoms with Crippen LogP contribution < -0.4 is 4.31 Å². The van der Waals surface area contributed by atoms with E-state index in [9.17, 15) is 13.2 Å². The van der Waals surface area contributed by atoms with Crippen molar-refractivity contribution in [1.29, 1.82) is 0 Å². The minimum Gasteiger partial charge on any atom is -0.287 e. The number of carbonyl (C=O) groups is 1. The molecule has 27 heavy (non-hydrogen) atoms. The van der Waals surface area contributed by atoms with Crippen LogP contribution in [0.15, 0.2) is 89.5 Å². The number of para-hydroxylation sites is 1. The van der Waals surface area contributed by atoms with Gasteiger partial charge in [-0.1, -0.05) is 60.2 Å². The first kappa shape index (κ1) is 17.2. The van der Waals surface area contributed by atoms with Crippen molar-refractivity contribution in [3.63, 3.8) is 0 Å². The fourth-order valence-electron chi connectivity index (χ4n) is 3.11. The van der Waals surface area contributed by atoms with Gasteiger partial charge in [0.15, 0.2) is 0 Å². The number of Topliss-reactive ketones (excluding diaryl/α,β-unsaturated/α-hetero) is 1. The van der Waals surface area contributed by atoms with E-state index in [4.69, 9.17) is 0 Å². The summed E-state index contributed by atoms with van der Waals surface area (Å²) in [5.41, 5.74) is 2.62. The molecule has 4 rings (SSSR count). The number of anilines is 1. The molecule has 0 radical (unpaired) electrons. The Balaban J connectivity index is 1.93. The van der Waals surface area contributed by atoms with Gasteiger partial charge >= 0.3 is 0 Å². The van der Waals surface area contributed by atoms with Crippen LogP contribution in [0.5, 0.6) is 0 Å². The van der Waals surface area contributed by atoms with Crippen molar-refractivity contribution in [3.8, 4) is 0 Å². The number of aryl methyl sites for hydroxylation is 1. The normalized spacial score (nSPS) is 15.2. The van der Waals surface area contributed by atoms with Crippen molar-refractivity contribution in [3.05, 3.63) is 101 Å². The van der Waals surface area contributed by atoms with E-state index in [0.717, 1.165) is 15.4 Å².